The van der Waals surface area contributed by atoms with Crippen LogP contribution in [0, 0.1) is 11.3 Å². The largest absolute Gasteiger partial charge is 0.480 e. The number of carboxylic acids is 1. The molecule has 0 aliphatic heterocycles. The summed E-state index contributed by atoms with van der Waals surface area (Å²) < 4.78 is 0.557. The maximum Gasteiger partial charge on any atom is 0.326 e. The Hall–Kier alpha value is -2.07. The number of urea groups is 1. The molecule has 20 heavy (non-hydrogen) atoms. The molecule has 0 bridgehead atoms. The molecule has 0 aliphatic carbocycles. The van der Waals surface area contributed by atoms with Gasteiger partial charge in [-0.15, -0.1) is 0 Å². The molecule has 0 aliphatic rings. The Labute approximate surface area is 125 Å². The summed E-state index contributed by atoms with van der Waals surface area (Å²) in [5, 5.41) is 20.4. The molecule has 0 saturated heterocycles. The molecule has 1 atom stereocenters. The van der Waals surface area contributed by atoms with Crippen molar-refractivity contribution >= 4 is 33.6 Å². The number of halogens is 1. The Morgan fingerprint density at radius 2 is 2.20 bits per heavy atom. The number of carbonyl (C=O) groups is 2. The van der Waals surface area contributed by atoms with E-state index in [1.165, 1.54) is 7.05 Å². The number of likely N-dealkylation sites (N-methyl/N-ethyl adjacent to an activating group) is 1. The fourth-order valence-corrected chi connectivity index (χ4v) is 2.12. The van der Waals surface area contributed by atoms with Crippen LogP contribution in [-0.4, -0.2) is 35.1 Å². The molecular weight excluding hydrogens is 326 g/mol. The minimum atomic E-state index is -1.05. The molecule has 0 aromatic heterocycles. The normalized spacial score (nSPS) is 11.3. The van der Waals surface area contributed by atoms with E-state index in [0.29, 0.717) is 22.1 Å². The van der Waals surface area contributed by atoms with Crippen LogP contribution in [0.2, 0.25) is 0 Å². The number of rotatable bonds is 4. The molecular formula is C13H14BrN3O3. The van der Waals surface area contributed by atoms with E-state index in [-0.39, 0.29) is 0 Å². The fourth-order valence-electron chi connectivity index (χ4n) is 1.65. The van der Waals surface area contributed by atoms with Crippen LogP contribution < -0.4 is 5.32 Å². The van der Waals surface area contributed by atoms with Gasteiger partial charge in [0.05, 0.1) is 17.3 Å². The van der Waals surface area contributed by atoms with Gasteiger partial charge < -0.3 is 15.3 Å². The predicted octanol–water partition coefficient (Wildman–Crippen LogP) is 2.65. The molecule has 0 saturated carbocycles. The molecule has 106 valence electrons. The molecule has 1 aromatic rings. The Balaban J connectivity index is 2.86. The number of nitrogens with zero attached hydrogens (tertiary/aromatic N) is 2. The summed E-state index contributed by atoms with van der Waals surface area (Å²) in [6.07, 6.45) is 0.313. The second-order valence-corrected chi connectivity index (χ2v) is 4.96. The highest BCUT2D eigenvalue weighted by molar-refractivity contribution is 9.10. The summed E-state index contributed by atoms with van der Waals surface area (Å²) in [5.41, 5.74) is 0.932. The number of carboxylic acid groups (broad SMARTS) is 1. The van der Waals surface area contributed by atoms with E-state index < -0.39 is 18.0 Å². The van der Waals surface area contributed by atoms with Crippen molar-refractivity contribution in [3.8, 4) is 6.07 Å². The van der Waals surface area contributed by atoms with Crippen molar-refractivity contribution in [1.82, 2.24) is 4.90 Å². The SMILES string of the molecule is CCC(C(=O)O)N(C)C(=O)Nc1ccc(C#N)cc1Br. The lowest BCUT2D eigenvalue weighted by atomic mass is 10.2. The first kappa shape index (κ1) is 16.0. The molecule has 1 rings (SSSR count). The van der Waals surface area contributed by atoms with Crippen LogP contribution in [0.5, 0.6) is 0 Å². The third-order valence-electron chi connectivity index (χ3n) is 2.80. The van der Waals surface area contributed by atoms with Crippen molar-refractivity contribution in [2.45, 2.75) is 19.4 Å². The third kappa shape index (κ3) is 3.71. The van der Waals surface area contributed by atoms with Crippen molar-refractivity contribution in [2.75, 3.05) is 12.4 Å². The zero-order valence-electron chi connectivity index (χ0n) is 11.1. The summed E-state index contributed by atoms with van der Waals surface area (Å²) in [6.45, 7) is 1.69. The summed E-state index contributed by atoms with van der Waals surface area (Å²) in [7, 11) is 1.43. The van der Waals surface area contributed by atoms with Crippen molar-refractivity contribution in [3.63, 3.8) is 0 Å². The van der Waals surface area contributed by atoms with E-state index in [2.05, 4.69) is 21.2 Å². The van der Waals surface area contributed by atoms with Gasteiger partial charge in [0, 0.05) is 11.5 Å². The fraction of sp³-hybridized carbons (Fsp3) is 0.308. The van der Waals surface area contributed by atoms with Crippen molar-refractivity contribution in [2.24, 2.45) is 0 Å². The number of hydrogen-bond donors (Lipinski definition) is 2. The zero-order valence-corrected chi connectivity index (χ0v) is 12.6. The van der Waals surface area contributed by atoms with Gasteiger partial charge in [0.15, 0.2) is 0 Å². The molecule has 0 fully saturated rings. The highest BCUT2D eigenvalue weighted by Gasteiger charge is 2.24. The van der Waals surface area contributed by atoms with E-state index >= 15 is 0 Å². The Bertz CT molecular complexity index is 568. The average molecular weight is 340 g/mol. The second kappa shape index (κ2) is 6.91. The first-order valence-electron chi connectivity index (χ1n) is 5.87. The molecule has 0 radical (unpaired) electrons. The Morgan fingerprint density at radius 1 is 1.55 bits per heavy atom. The number of carbonyl (C=O) groups excluding carboxylic acids is 1. The van der Waals surface area contributed by atoms with E-state index in [1.54, 1.807) is 25.1 Å². The molecule has 1 aromatic carbocycles. The van der Waals surface area contributed by atoms with E-state index in [9.17, 15) is 9.59 Å². The van der Waals surface area contributed by atoms with Crippen LogP contribution in [-0.2, 0) is 4.79 Å². The topological polar surface area (TPSA) is 93.4 Å². The lowest BCUT2D eigenvalue weighted by Crippen LogP contribution is -2.44. The maximum atomic E-state index is 12.0. The van der Waals surface area contributed by atoms with Crippen molar-refractivity contribution < 1.29 is 14.7 Å². The van der Waals surface area contributed by atoms with Gasteiger partial charge in [0.1, 0.15) is 6.04 Å². The number of anilines is 1. The number of nitriles is 1. The highest BCUT2D eigenvalue weighted by Crippen LogP contribution is 2.23. The molecule has 6 nitrogen and oxygen atoms in total. The monoisotopic (exact) mass is 339 g/mol. The van der Waals surface area contributed by atoms with Gasteiger partial charge in [-0.05, 0) is 40.5 Å². The molecule has 7 heteroatoms. The van der Waals surface area contributed by atoms with Gasteiger partial charge >= 0.3 is 12.0 Å². The summed E-state index contributed by atoms with van der Waals surface area (Å²) in [4.78, 5) is 24.1. The number of aliphatic carboxylic acids is 1. The van der Waals surface area contributed by atoms with Gasteiger partial charge in [-0.3, -0.25) is 0 Å². The Morgan fingerprint density at radius 3 is 2.65 bits per heavy atom. The average Bonchev–Trinajstić information content (AvgIpc) is 2.41. The van der Waals surface area contributed by atoms with Gasteiger partial charge in [0.25, 0.3) is 0 Å². The zero-order chi connectivity index (χ0) is 15.3. The maximum absolute atomic E-state index is 12.0. The van der Waals surface area contributed by atoms with E-state index in [4.69, 9.17) is 10.4 Å². The molecule has 2 amide bonds. The standard InChI is InChI=1S/C13H14BrN3O3/c1-3-11(12(18)19)17(2)13(20)16-10-5-4-8(7-15)6-9(10)14/h4-6,11H,3H2,1-2H3,(H,16,20)(H,18,19). The smallest absolute Gasteiger partial charge is 0.326 e. The summed E-state index contributed by atoms with van der Waals surface area (Å²) in [6, 6.07) is 5.29. The number of benzene rings is 1. The first-order valence-corrected chi connectivity index (χ1v) is 6.66. The van der Waals surface area contributed by atoms with Gasteiger partial charge in [0.2, 0.25) is 0 Å². The van der Waals surface area contributed by atoms with Gasteiger partial charge in [-0.25, -0.2) is 9.59 Å². The van der Waals surface area contributed by atoms with Crippen LogP contribution in [0.25, 0.3) is 0 Å². The van der Waals surface area contributed by atoms with Crippen LogP contribution >= 0.6 is 15.9 Å². The number of amides is 2. The quantitative estimate of drug-likeness (QED) is 0.881. The van der Waals surface area contributed by atoms with Gasteiger partial charge in [-0.1, -0.05) is 6.92 Å². The molecule has 1 unspecified atom stereocenters. The van der Waals surface area contributed by atoms with Crippen LogP contribution in [0.4, 0.5) is 10.5 Å². The van der Waals surface area contributed by atoms with Crippen LogP contribution in [0.3, 0.4) is 0 Å². The van der Waals surface area contributed by atoms with Crippen LogP contribution in [0.1, 0.15) is 18.9 Å². The van der Waals surface area contributed by atoms with E-state index in [0.717, 1.165) is 4.90 Å². The lowest BCUT2D eigenvalue weighted by Gasteiger charge is -2.24. The first-order chi connectivity index (χ1) is 9.40. The van der Waals surface area contributed by atoms with E-state index in [1.807, 2.05) is 6.07 Å². The van der Waals surface area contributed by atoms with Crippen LogP contribution in [0.15, 0.2) is 22.7 Å². The summed E-state index contributed by atoms with van der Waals surface area (Å²) in [5.74, 6) is -1.05. The molecule has 0 heterocycles. The molecule has 0 spiro atoms. The summed E-state index contributed by atoms with van der Waals surface area (Å²) >= 11 is 3.25. The minimum Gasteiger partial charge on any atom is -0.480 e. The highest BCUT2D eigenvalue weighted by atomic mass is 79.9. The number of hydrogen-bond acceptors (Lipinski definition) is 3. The second-order valence-electron chi connectivity index (χ2n) is 4.11. The van der Waals surface area contributed by atoms with Gasteiger partial charge in [-0.2, -0.15) is 5.26 Å². The predicted molar refractivity (Wildman–Crippen MR) is 77.4 cm³/mol. The molecule has 2 N–H and O–H groups in total. The van der Waals surface area contributed by atoms with Crippen molar-refractivity contribution in [1.29, 1.82) is 5.26 Å². The lowest BCUT2D eigenvalue weighted by molar-refractivity contribution is -0.141. The Kier molecular flexibility index (Phi) is 5.53. The third-order valence-corrected chi connectivity index (χ3v) is 3.46. The van der Waals surface area contributed by atoms with Crippen molar-refractivity contribution in [3.05, 3.63) is 28.2 Å². The number of nitrogens with one attached hydrogen (secondary N) is 1. The minimum absolute atomic E-state index is 0.313.